The molecule has 18 heavy (non-hydrogen) atoms. The van der Waals surface area contributed by atoms with Gasteiger partial charge >= 0.3 is 5.97 Å². The van der Waals surface area contributed by atoms with Crippen LogP contribution in [-0.2, 0) is 20.9 Å². The SMILES string of the molecule is CCOC(=O)[C@@H](N)C(CC)OCc1ccccc1. The second-order valence-corrected chi connectivity index (χ2v) is 4.02. The minimum absolute atomic E-state index is 0.316. The van der Waals surface area contributed by atoms with Gasteiger partial charge in [-0.1, -0.05) is 37.3 Å². The van der Waals surface area contributed by atoms with Crippen LogP contribution in [0.15, 0.2) is 30.3 Å². The molecule has 0 heterocycles. The van der Waals surface area contributed by atoms with Crippen LogP contribution in [0.4, 0.5) is 0 Å². The molecule has 0 amide bonds. The highest BCUT2D eigenvalue weighted by Crippen LogP contribution is 2.09. The molecule has 4 nitrogen and oxygen atoms in total. The largest absolute Gasteiger partial charge is 0.465 e. The average molecular weight is 251 g/mol. The van der Waals surface area contributed by atoms with E-state index in [1.807, 2.05) is 37.3 Å². The summed E-state index contributed by atoms with van der Waals surface area (Å²) >= 11 is 0. The van der Waals surface area contributed by atoms with Crippen molar-refractivity contribution in [2.75, 3.05) is 6.61 Å². The van der Waals surface area contributed by atoms with Gasteiger partial charge in [-0.05, 0) is 18.9 Å². The highest BCUT2D eigenvalue weighted by Gasteiger charge is 2.25. The van der Waals surface area contributed by atoms with Gasteiger partial charge in [-0.2, -0.15) is 0 Å². The molecule has 0 spiro atoms. The van der Waals surface area contributed by atoms with E-state index in [-0.39, 0.29) is 6.10 Å². The highest BCUT2D eigenvalue weighted by molar-refractivity contribution is 5.76. The van der Waals surface area contributed by atoms with Crippen LogP contribution in [0.1, 0.15) is 25.8 Å². The van der Waals surface area contributed by atoms with Crippen molar-refractivity contribution in [1.82, 2.24) is 0 Å². The molecule has 0 aliphatic rings. The molecular formula is C14H21NO3. The summed E-state index contributed by atoms with van der Waals surface area (Å²) < 4.78 is 10.6. The number of hydrogen-bond donors (Lipinski definition) is 1. The van der Waals surface area contributed by atoms with Crippen LogP contribution in [-0.4, -0.2) is 24.7 Å². The Balaban J connectivity index is 2.49. The minimum Gasteiger partial charge on any atom is -0.465 e. The van der Waals surface area contributed by atoms with Gasteiger partial charge in [0.1, 0.15) is 6.04 Å². The molecule has 0 radical (unpaired) electrons. The Morgan fingerprint density at radius 2 is 1.94 bits per heavy atom. The van der Waals surface area contributed by atoms with Gasteiger partial charge in [-0.25, -0.2) is 0 Å². The lowest BCUT2D eigenvalue weighted by Crippen LogP contribution is -2.44. The smallest absolute Gasteiger partial charge is 0.325 e. The van der Waals surface area contributed by atoms with E-state index in [2.05, 4.69) is 0 Å². The Labute approximate surface area is 108 Å². The molecule has 2 atom stereocenters. The van der Waals surface area contributed by atoms with Gasteiger partial charge in [0.05, 0.1) is 19.3 Å². The van der Waals surface area contributed by atoms with E-state index in [9.17, 15) is 4.79 Å². The molecule has 0 fully saturated rings. The van der Waals surface area contributed by atoms with E-state index >= 15 is 0 Å². The topological polar surface area (TPSA) is 61.5 Å². The van der Waals surface area contributed by atoms with Gasteiger partial charge in [0.15, 0.2) is 0 Å². The standard InChI is InChI=1S/C14H21NO3/c1-3-12(13(15)14(16)17-4-2)18-10-11-8-6-5-7-9-11/h5-9,12-13H,3-4,10,15H2,1-2H3/t12?,13-/m0/s1. The van der Waals surface area contributed by atoms with Crippen molar-refractivity contribution in [1.29, 1.82) is 0 Å². The summed E-state index contributed by atoms with van der Waals surface area (Å²) in [5, 5.41) is 0. The molecule has 1 unspecified atom stereocenters. The molecule has 0 bridgehead atoms. The summed E-state index contributed by atoms with van der Waals surface area (Å²) in [5.74, 6) is -0.405. The quantitative estimate of drug-likeness (QED) is 0.751. The average Bonchev–Trinajstić information content (AvgIpc) is 2.40. The normalized spacial score (nSPS) is 13.9. The summed E-state index contributed by atoms with van der Waals surface area (Å²) in [6.07, 6.45) is 0.358. The second kappa shape index (κ2) is 7.84. The Bertz CT molecular complexity index is 353. The summed E-state index contributed by atoms with van der Waals surface area (Å²) in [4.78, 5) is 11.5. The predicted octanol–water partition coefficient (Wildman–Crippen LogP) is 1.87. The van der Waals surface area contributed by atoms with E-state index in [0.717, 1.165) is 5.56 Å². The van der Waals surface area contributed by atoms with Crippen molar-refractivity contribution >= 4 is 5.97 Å². The number of nitrogens with two attached hydrogens (primary N) is 1. The van der Waals surface area contributed by atoms with Crippen LogP contribution in [0.2, 0.25) is 0 Å². The van der Waals surface area contributed by atoms with E-state index in [0.29, 0.717) is 19.6 Å². The van der Waals surface area contributed by atoms with Crippen molar-refractivity contribution < 1.29 is 14.3 Å². The monoisotopic (exact) mass is 251 g/mol. The van der Waals surface area contributed by atoms with Crippen LogP contribution in [0.5, 0.6) is 0 Å². The number of carbonyl (C=O) groups is 1. The van der Waals surface area contributed by atoms with E-state index in [1.54, 1.807) is 6.92 Å². The van der Waals surface area contributed by atoms with E-state index in [1.165, 1.54) is 0 Å². The summed E-state index contributed by atoms with van der Waals surface area (Å²) in [7, 11) is 0. The van der Waals surface area contributed by atoms with Crippen molar-refractivity contribution in [3.8, 4) is 0 Å². The zero-order valence-electron chi connectivity index (χ0n) is 11.0. The maximum atomic E-state index is 11.5. The molecule has 1 rings (SSSR count). The first kappa shape index (κ1) is 14.7. The van der Waals surface area contributed by atoms with Gasteiger partial charge in [0.2, 0.25) is 0 Å². The van der Waals surface area contributed by atoms with Crippen LogP contribution in [0, 0.1) is 0 Å². The molecule has 1 aromatic rings. The third kappa shape index (κ3) is 4.47. The summed E-state index contributed by atoms with van der Waals surface area (Å²) in [5.41, 5.74) is 6.88. The first-order valence-electron chi connectivity index (χ1n) is 6.26. The zero-order valence-corrected chi connectivity index (χ0v) is 11.0. The third-order valence-corrected chi connectivity index (χ3v) is 2.67. The van der Waals surface area contributed by atoms with Crippen molar-refractivity contribution in [3.05, 3.63) is 35.9 Å². The molecule has 0 saturated carbocycles. The number of rotatable bonds is 7. The lowest BCUT2D eigenvalue weighted by molar-refractivity contribution is -0.149. The lowest BCUT2D eigenvalue weighted by Gasteiger charge is -2.21. The fourth-order valence-electron chi connectivity index (χ4n) is 1.64. The van der Waals surface area contributed by atoms with Crippen LogP contribution >= 0.6 is 0 Å². The Morgan fingerprint density at radius 3 is 2.50 bits per heavy atom. The fourth-order valence-corrected chi connectivity index (χ4v) is 1.64. The molecule has 0 aliphatic heterocycles. The summed E-state index contributed by atoms with van der Waals surface area (Å²) in [6, 6.07) is 9.07. The van der Waals surface area contributed by atoms with Gasteiger partial charge in [-0.15, -0.1) is 0 Å². The molecule has 0 saturated heterocycles. The number of carbonyl (C=O) groups excluding carboxylic acids is 1. The molecular weight excluding hydrogens is 230 g/mol. The first-order chi connectivity index (χ1) is 8.69. The lowest BCUT2D eigenvalue weighted by atomic mass is 10.1. The molecule has 2 N–H and O–H groups in total. The highest BCUT2D eigenvalue weighted by atomic mass is 16.5. The van der Waals surface area contributed by atoms with E-state index < -0.39 is 12.0 Å². The second-order valence-electron chi connectivity index (χ2n) is 4.02. The van der Waals surface area contributed by atoms with Gasteiger partial charge in [0, 0.05) is 0 Å². The first-order valence-corrected chi connectivity index (χ1v) is 6.26. The van der Waals surface area contributed by atoms with Crippen LogP contribution in [0.3, 0.4) is 0 Å². The van der Waals surface area contributed by atoms with Gasteiger partial charge in [-0.3, -0.25) is 4.79 Å². The molecule has 1 aromatic carbocycles. The Kier molecular flexibility index (Phi) is 6.39. The predicted molar refractivity (Wildman–Crippen MR) is 69.9 cm³/mol. The third-order valence-electron chi connectivity index (χ3n) is 2.67. The van der Waals surface area contributed by atoms with Crippen molar-refractivity contribution in [2.24, 2.45) is 5.73 Å². The number of esters is 1. The van der Waals surface area contributed by atoms with Crippen LogP contribution in [0.25, 0.3) is 0 Å². The fraction of sp³-hybridized carbons (Fsp3) is 0.500. The van der Waals surface area contributed by atoms with Crippen LogP contribution < -0.4 is 5.73 Å². The summed E-state index contributed by atoms with van der Waals surface area (Å²) in [6.45, 7) is 4.49. The van der Waals surface area contributed by atoms with Gasteiger partial charge in [0.25, 0.3) is 0 Å². The minimum atomic E-state index is -0.723. The Morgan fingerprint density at radius 1 is 1.28 bits per heavy atom. The van der Waals surface area contributed by atoms with Crippen molar-refractivity contribution in [3.63, 3.8) is 0 Å². The molecule has 4 heteroatoms. The zero-order chi connectivity index (χ0) is 13.4. The van der Waals surface area contributed by atoms with E-state index in [4.69, 9.17) is 15.2 Å². The van der Waals surface area contributed by atoms with Gasteiger partial charge < -0.3 is 15.2 Å². The maximum Gasteiger partial charge on any atom is 0.325 e. The molecule has 100 valence electrons. The molecule has 0 aliphatic carbocycles. The van der Waals surface area contributed by atoms with Crippen molar-refractivity contribution in [2.45, 2.75) is 39.0 Å². The number of benzene rings is 1. The molecule has 0 aromatic heterocycles. The number of hydrogen-bond acceptors (Lipinski definition) is 4. The Hall–Kier alpha value is -1.39. The number of ether oxygens (including phenoxy) is 2. The maximum absolute atomic E-state index is 11.5.